The van der Waals surface area contributed by atoms with E-state index in [0.29, 0.717) is 10.6 Å². The molecule has 1 saturated carbocycles. The molecule has 1 aromatic heterocycles. The van der Waals surface area contributed by atoms with E-state index >= 15 is 0 Å². The third kappa shape index (κ3) is 3.76. The van der Waals surface area contributed by atoms with Crippen molar-refractivity contribution < 1.29 is 14.3 Å². The third-order valence-electron chi connectivity index (χ3n) is 4.52. The van der Waals surface area contributed by atoms with Crippen LogP contribution in [0.15, 0.2) is 30.3 Å². The SMILES string of the molecule is Cc1sc(NC(=O)C2CC2c2ccccc2)c(C(=O)OC(C)C)c1C. The molecule has 5 heteroatoms. The zero-order valence-electron chi connectivity index (χ0n) is 15.0. The van der Waals surface area contributed by atoms with Crippen molar-refractivity contribution in [2.24, 2.45) is 5.92 Å². The van der Waals surface area contributed by atoms with Gasteiger partial charge in [0.15, 0.2) is 0 Å². The first-order chi connectivity index (χ1) is 11.9. The van der Waals surface area contributed by atoms with Gasteiger partial charge in [0.25, 0.3) is 0 Å². The molecule has 4 nitrogen and oxygen atoms in total. The largest absolute Gasteiger partial charge is 0.459 e. The van der Waals surface area contributed by atoms with Crippen LogP contribution in [0.5, 0.6) is 0 Å². The Morgan fingerprint density at radius 1 is 1.20 bits per heavy atom. The zero-order chi connectivity index (χ0) is 18.1. The van der Waals surface area contributed by atoms with Crippen molar-refractivity contribution in [3.63, 3.8) is 0 Å². The highest BCUT2D eigenvalue weighted by Gasteiger charge is 2.44. The molecule has 25 heavy (non-hydrogen) atoms. The van der Waals surface area contributed by atoms with Gasteiger partial charge in [-0.25, -0.2) is 4.79 Å². The molecule has 1 heterocycles. The first-order valence-corrected chi connectivity index (χ1v) is 9.37. The van der Waals surface area contributed by atoms with Gasteiger partial charge in [-0.3, -0.25) is 4.79 Å². The van der Waals surface area contributed by atoms with E-state index in [4.69, 9.17) is 4.74 Å². The lowest BCUT2D eigenvalue weighted by molar-refractivity contribution is -0.117. The Morgan fingerprint density at radius 3 is 2.52 bits per heavy atom. The van der Waals surface area contributed by atoms with E-state index in [1.54, 1.807) is 0 Å². The van der Waals surface area contributed by atoms with Crippen LogP contribution in [0, 0.1) is 19.8 Å². The summed E-state index contributed by atoms with van der Waals surface area (Å²) in [5, 5.41) is 3.57. The summed E-state index contributed by atoms with van der Waals surface area (Å²) in [4.78, 5) is 26.0. The number of amides is 1. The van der Waals surface area contributed by atoms with Crippen LogP contribution in [0.25, 0.3) is 0 Å². The van der Waals surface area contributed by atoms with E-state index in [2.05, 4.69) is 17.4 Å². The zero-order valence-corrected chi connectivity index (χ0v) is 15.8. The molecule has 1 aromatic carbocycles. The molecule has 0 saturated heterocycles. The maximum Gasteiger partial charge on any atom is 0.341 e. The molecular weight excluding hydrogens is 334 g/mol. The fourth-order valence-electron chi connectivity index (χ4n) is 2.99. The maximum absolute atomic E-state index is 12.6. The summed E-state index contributed by atoms with van der Waals surface area (Å²) < 4.78 is 5.34. The highest BCUT2D eigenvalue weighted by Crippen LogP contribution is 2.48. The number of hydrogen-bond donors (Lipinski definition) is 1. The van der Waals surface area contributed by atoms with Crippen LogP contribution in [0.1, 0.15) is 52.5 Å². The number of benzene rings is 1. The lowest BCUT2D eigenvalue weighted by atomic mass is 10.1. The first-order valence-electron chi connectivity index (χ1n) is 8.55. The number of anilines is 1. The average molecular weight is 357 g/mol. The molecule has 132 valence electrons. The van der Waals surface area contributed by atoms with Crippen LogP contribution >= 0.6 is 11.3 Å². The summed E-state index contributed by atoms with van der Waals surface area (Å²) in [5.41, 5.74) is 2.56. The van der Waals surface area contributed by atoms with Crippen LogP contribution in [-0.2, 0) is 9.53 Å². The van der Waals surface area contributed by atoms with E-state index in [1.807, 2.05) is 45.9 Å². The number of hydrogen-bond acceptors (Lipinski definition) is 4. The van der Waals surface area contributed by atoms with Crippen LogP contribution in [0.4, 0.5) is 5.00 Å². The predicted octanol–water partition coefficient (Wildman–Crippen LogP) is 4.67. The second-order valence-corrected chi connectivity index (χ2v) is 8.01. The maximum atomic E-state index is 12.6. The minimum atomic E-state index is -0.373. The van der Waals surface area contributed by atoms with Gasteiger partial charge in [-0.15, -0.1) is 11.3 Å². The third-order valence-corrected chi connectivity index (χ3v) is 5.65. The summed E-state index contributed by atoms with van der Waals surface area (Å²) in [7, 11) is 0. The molecular formula is C20H23NO3S. The van der Waals surface area contributed by atoms with Crippen LogP contribution in [0.3, 0.4) is 0 Å². The molecule has 0 radical (unpaired) electrons. The molecule has 1 amide bonds. The molecule has 1 N–H and O–H groups in total. The number of carbonyl (C=O) groups is 2. The van der Waals surface area contributed by atoms with E-state index < -0.39 is 0 Å². The molecule has 1 aliphatic rings. The van der Waals surface area contributed by atoms with Crippen molar-refractivity contribution in [1.29, 1.82) is 0 Å². The van der Waals surface area contributed by atoms with Crippen molar-refractivity contribution >= 4 is 28.2 Å². The predicted molar refractivity (Wildman–Crippen MR) is 100 cm³/mol. The summed E-state index contributed by atoms with van der Waals surface area (Å²) >= 11 is 1.43. The van der Waals surface area contributed by atoms with Crippen molar-refractivity contribution in [3.8, 4) is 0 Å². The minimum Gasteiger partial charge on any atom is -0.459 e. The summed E-state index contributed by atoms with van der Waals surface area (Å²) in [6.45, 7) is 7.48. The van der Waals surface area contributed by atoms with Gasteiger partial charge in [-0.1, -0.05) is 30.3 Å². The van der Waals surface area contributed by atoms with Crippen molar-refractivity contribution in [1.82, 2.24) is 0 Å². The number of rotatable bonds is 5. The second-order valence-electron chi connectivity index (χ2n) is 6.79. The molecule has 2 unspecified atom stereocenters. The topological polar surface area (TPSA) is 55.4 Å². The number of aryl methyl sites for hydroxylation is 1. The lowest BCUT2D eigenvalue weighted by Crippen LogP contribution is -2.18. The average Bonchev–Trinajstić information content (AvgIpc) is 3.30. The second kappa shape index (κ2) is 7.00. The summed E-state index contributed by atoms with van der Waals surface area (Å²) in [6, 6.07) is 10.1. The molecule has 2 aromatic rings. The van der Waals surface area contributed by atoms with Crippen molar-refractivity contribution in [2.45, 2.75) is 46.1 Å². The van der Waals surface area contributed by atoms with Gasteiger partial charge >= 0.3 is 5.97 Å². The van der Waals surface area contributed by atoms with E-state index in [0.717, 1.165) is 16.9 Å². The minimum absolute atomic E-state index is 0.0197. The molecule has 1 aliphatic carbocycles. The molecule has 0 spiro atoms. The highest BCUT2D eigenvalue weighted by molar-refractivity contribution is 7.16. The smallest absolute Gasteiger partial charge is 0.341 e. The van der Waals surface area contributed by atoms with Crippen LogP contribution in [0.2, 0.25) is 0 Å². The van der Waals surface area contributed by atoms with Gasteiger partial charge in [-0.05, 0) is 51.2 Å². The van der Waals surface area contributed by atoms with E-state index in [9.17, 15) is 9.59 Å². The molecule has 3 rings (SSSR count). The molecule has 2 atom stereocenters. The number of thiophene rings is 1. The molecule has 0 bridgehead atoms. The quantitative estimate of drug-likeness (QED) is 0.791. The Morgan fingerprint density at radius 2 is 1.88 bits per heavy atom. The number of nitrogens with one attached hydrogen (secondary N) is 1. The number of esters is 1. The first kappa shape index (κ1) is 17.7. The van der Waals surface area contributed by atoms with Crippen LogP contribution in [-0.4, -0.2) is 18.0 Å². The standard InChI is InChI=1S/C20H23NO3S/c1-11(2)24-20(23)17-12(3)13(4)25-19(17)21-18(22)16-10-15(16)14-8-6-5-7-9-14/h5-9,11,15-16H,10H2,1-4H3,(H,21,22). The number of ether oxygens (including phenoxy) is 1. The van der Waals surface area contributed by atoms with Gasteiger partial charge in [0.2, 0.25) is 5.91 Å². The van der Waals surface area contributed by atoms with Crippen molar-refractivity contribution in [2.75, 3.05) is 5.32 Å². The van der Waals surface area contributed by atoms with Crippen LogP contribution < -0.4 is 5.32 Å². The Labute approximate surface area is 152 Å². The fraction of sp³-hybridized carbons (Fsp3) is 0.400. The number of carbonyl (C=O) groups excluding carboxylic acids is 2. The molecule has 0 aliphatic heterocycles. The van der Waals surface area contributed by atoms with Crippen molar-refractivity contribution in [3.05, 3.63) is 51.9 Å². The van der Waals surface area contributed by atoms with E-state index in [1.165, 1.54) is 16.9 Å². The fourth-order valence-corrected chi connectivity index (χ4v) is 4.04. The van der Waals surface area contributed by atoms with E-state index in [-0.39, 0.29) is 29.8 Å². The van der Waals surface area contributed by atoms with Gasteiger partial charge in [0.05, 0.1) is 11.7 Å². The summed E-state index contributed by atoms with van der Waals surface area (Å²) in [5.74, 6) is -0.148. The highest BCUT2D eigenvalue weighted by atomic mass is 32.1. The molecule has 1 fully saturated rings. The lowest BCUT2D eigenvalue weighted by Gasteiger charge is -2.10. The van der Waals surface area contributed by atoms with Gasteiger partial charge in [0, 0.05) is 10.8 Å². The van der Waals surface area contributed by atoms with Gasteiger partial charge < -0.3 is 10.1 Å². The Hall–Kier alpha value is -2.14. The monoisotopic (exact) mass is 357 g/mol. The normalized spacial score (nSPS) is 18.9. The Kier molecular flexibility index (Phi) is 4.95. The Bertz CT molecular complexity index is 795. The Balaban J connectivity index is 1.74. The van der Waals surface area contributed by atoms with Gasteiger partial charge in [-0.2, -0.15) is 0 Å². The summed E-state index contributed by atoms with van der Waals surface area (Å²) in [6.07, 6.45) is 0.659. The van der Waals surface area contributed by atoms with Gasteiger partial charge in [0.1, 0.15) is 5.00 Å².